The van der Waals surface area contributed by atoms with Crippen LogP contribution in [0.2, 0.25) is 0 Å². The molecule has 0 heterocycles. The Balaban J connectivity index is 4.55. The van der Waals surface area contributed by atoms with Crippen molar-refractivity contribution in [3.8, 4) is 5.63 Å². The van der Waals surface area contributed by atoms with Crippen molar-refractivity contribution in [3.05, 3.63) is 11.6 Å². The van der Waals surface area contributed by atoms with Crippen LogP contribution in [-0.2, 0) is 9.36 Å². The number of hydrogen-bond donors (Lipinski definition) is 3. The molecule has 5 nitrogen and oxygen atoms in total. The standard InChI is InChI=1S/C6H8NO4P/c7-5(6(9)10)1-4(2-8)3-12-11/h1,5,8H,2,7H2,(H,9,10). The summed E-state index contributed by atoms with van der Waals surface area (Å²) in [6.45, 7) is -0.434. The topological polar surface area (TPSA) is 101 Å². The molecule has 4 N–H and O–H groups in total. The zero-order chi connectivity index (χ0) is 9.56. The van der Waals surface area contributed by atoms with E-state index in [1.165, 1.54) is 0 Å². The molecular formula is C6H8NO4P. The molecule has 1 unspecified atom stereocenters. The Kier molecular flexibility index (Phi) is 5.34. The van der Waals surface area contributed by atoms with Gasteiger partial charge in [0.1, 0.15) is 0 Å². The van der Waals surface area contributed by atoms with E-state index in [0.29, 0.717) is 0 Å². The number of carbonyl (C=O) groups is 1. The van der Waals surface area contributed by atoms with Gasteiger partial charge < -0.3 is 0 Å². The van der Waals surface area contributed by atoms with Crippen LogP contribution in [0.3, 0.4) is 0 Å². The zero-order valence-corrected chi connectivity index (χ0v) is 6.99. The van der Waals surface area contributed by atoms with Crippen LogP contribution in [0.5, 0.6) is 0 Å². The molecule has 0 rings (SSSR count). The van der Waals surface area contributed by atoms with Crippen LogP contribution in [0.25, 0.3) is 0 Å². The molecule has 0 aromatic rings. The molecule has 6 heteroatoms. The van der Waals surface area contributed by atoms with E-state index >= 15 is 0 Å². The van der Waals surface area contributed by atoms with E-state index in [1.807, 2.05) is 0 Å². The maximum absolute atomic E-state index is 10.2. The summed E-state index contributed by atoms with van der Waals surface area (Å²) in [5.41, 5.74) is 7.41. The third-order valence-corrected chi connectivity index (χ3v) is 1.40. The van der Waals surface area contributed by atoms with Crippen LogP contribution in [0.1, 0.15) is 0 Å². The summed E-state index contributed by atoms with van der Waals surface area (Å²) < 4.78 is 9.97. The SMILES string of the molecule is NC(C=C(C#P=O)CO)C(=O)O. The minimum atomic E-state index is -1.22. The molecule has 0 aliphatic carbocycles. The molecule has 0 spiro atoms. The first-order chi connectivity index (χ1) is 5.61. The van der Waals surface area contributed by atoms with E-state index in [1.54, 1.807) is 0 Å². The first-order valence-corrected chi connectivity index (χ1v) is 3.81. The molecule has 0 aliphatic heterocycles. The molecule has 0 amide bonds. The summed E-state index contributed by atoms with van der Waals surface area (Å²) in [6, 6.07) is -1.21. The molecule has 0 aromatic carbocycles. The fourth-order valence-electron chi connectivity index (χ4n) is 0.472. The third-order valence-electron chi connectivity index (χ3n) is 1.03. The van der Waals surface area contributed by atoms with Gasteiger partial charge in [-0.05, 0) is 0 Å². The number of hydrogen-bond acceptors (Lipinski definition) is 4. The molecule has 0 bridgehead atoms. The van der Waals surface area contributed by atoms with Gasteiger partial charge in [0.15, 0.2) is 0 Å². The average molecular weight is 189 g/mol. The van der Waals surface area contributed by atoms with Crippen molar-refractivity contribution in [1.82, 2.24) is 0 Å². The molecular weight excluding hydrogens is 181 g/mol. The first kappa shape index (κ1) is 11.1. The second-order valence-corrected chi connectivity index (χ2v) is 2.32. The first-order valence-electron chi connectivity index (χ1n) is 3.00. The predicted octanol–water partition coefficient (Wildman–Crippen LogP) is -0.432. The Morgan fingerprint density at radius 1 is 1.75 bits per heavy atom. The Labute approximate surface area is 70.0 Å². The minimum absolute atomic E-state index is 0.113. The normalized spacial score (nSPS) is 13.3. The van der Waals surface area contributed by atoms with Crippen molar-refractivity contribution in [2.24, 2.45) is 5.73 Å². The second-order valence-electron chi connectivity index (χ2n) is 1.92. The fourth-order valence-corrected chi connectivity index (χ4v) is 0.734. The molecule has 0 aliphatic rings. The zero-order valence-electron chi connectivity index (χ0n) is 6.10. The number of aliphatic hydroxyl groups is 1. The van der Waals surface area contributed by atoms with E-state index in [0.717, 1.165) is 6.08 Å². The van der Waals surface area contributed by atoms with Crippen LogP contribution in [0, 0.1) is 5.63 Å². The predicted molar refractivity (Wildman–Crippen MR) is 42.3 cm³/mol. The van der Waals surface area contributed by atoms with E-state index in [2.05, 4.69) is 5.63 Å². The van der Waals surface area contributed by atoms with Crippen molar-refractivity contribution in [3.63, 3.8) is 0 Å². The van der Waals surface area contributed by atoms with E-state index in [-0.39, 0.29) is 5.57 Å². The van der Waals surface area contributed by atoms with Crippen molar-refractivity contribution in [1.29, 1.82) is 0 Å². The molecule has 66 valence electrons. The van der Waals surface area contributed by atoms with Gasteiger partial charge in [0.2, 0.25) is 0 Å². The average Bonchev–Trinajstić information content (AvgIpc) is 2.03. The molecule has 0 fully saturated rings. The molecule has 0 radical (unpaired) electrons. The van der Waals surface area contributed by atoms with E-state index in [9.17, 15) is 9.36 Å². The number of aliphatic carboxylic acids is 1. The van der Waals surface area contributed by atoms with Crippen LogP contribution >= 0.6 is 7.92 Å². The maximum atomic E-state index is 10.2. The van der Waals surface area contributed by atoms with Gasteiger partial charge in [0.25, 0.3) is 0 Å². The van der Waals surface area contributed by atoms with E-state index < -0.39 is 26.5 Å². The Morgan fingerprint density at radius 2 is 2.33 bits per heavy atom. The van der Waals surface area contributed by atoms with Crippen LogP contribution < -0.4 is 5.73 Å². The van der Waals surface area contributed by atoms with Crippen molar-refractivity contribution < 1.29 is 19.6 Å². The third kappa shape index (κ3) is 4.11. The molecule has 0 saturated carbocycles. The van der Waals surface area contributed by atoms with Gasteiger partial charge in [-0.3, -0.25) is 0 Å². The van der Waals surface area contributed by atoms with Crippen LogP contribution in [0.4, 0.5) is 0 Å². The summed E-state index contributed by atoms with van der Waals surface area (Å²) in [5.74, 6) is -1.22. The van der Waals surface area contributed by atoms with Crippen molar-refractivity contribution >= 4 is 13.9 Å². The summed E-state index contributed by atoms with van der Waals surface area (Å²) >= 11 is 0. The Bertz CT molecular complexity index is 292. The summed E-state index contributed by atoms with van der Waals surface area (Å²) in [7, 11) is -0.414. The summed E-state index contributed by atoms with van der Waals surface area (Å²) in [4.78, 5) is 10.2. The quantitative estimate of drug-likeness (QED) is 0.523. The van der Waals surface area contributed by atoms with Gasteiger partial charge in [-0.15, -0.1) is 0 Å². The van der Waals surface area contributed by atoms with Crippen molar-refractivity contribution in [2.75, 3.05) is 6.61 Å². The second kappa shape index (κ2) is 5.75. The summed E-state index contributed by atoms with van der Waals surface area (Å²) in [5, 5.41) is 16.9. The fraction of sp³-hybridized carbons (Fsp3) is 0.333. The van der Waals surface area contributed by atoms with Gasteiger partial charge in [0, 0.05) is 0 Å². The molecule has 12 heavy (non-hydrogen) atoms. The van der Waals surface area contributed by atoms with Crippen molar-refractivity contribution in [2.45, 2.75) is 6.04 Å². The molecule has 1 atom stereocenters. The number of nitrogens with two attached hydrogens (primary N) is 1. The van der Waals surface area contributed by atoms with Crippen LogP contribution in [-0.4, -0.2) is 28.8 Å². The van der Waals surface area contributed by atoms with Gasteiger partial charge in [-0.25, -0.2) is 0 Å². The van der Waals surface area contributed by atoms with Crippen LogP contribution in [0.15, 0.2) is 11.6 Å². The number of carboxylic acid groups (broad SMARTS) is 1. The van der Waals surface area contributed by atoms with Gasteiger partial charge in [-0.2, -0.15) is 0 Å². The monoisotopic (exact) mass is 189 g/mol. The molecule has 0 aromatic heterocycles. The van der Waals surface area contributed by atoms with Gasteiger partial charge in [-0.1, -0.05) is 0 Å². The van der Waals surface area contributed by atoms with E-state index in [4.69, 9.17) is 15.9 Å². The number of aliphatic hydroxyl groups excluding tert-OH is 1. The Hall–Kier alpha value is -0.860. The van der Waals surface area contributed by atoms with Gasteiger partial charge in [0.05, 0.1) is 0 Å². The number of carboxylic acids is 1. The number of rotatable bonds is 3. The Morgan fingerprint density at radius 3 is 2.67 bits per heavy atom. The molecule has 0 saturated heterocycles. The summed E-state index contributed by atoms with van der Waals surface area (Å²) in [6.07, 6.45) is 1.08. The van der Waals surface area contributed by atoms with Gasteiger partial charge >= 0.3 is 69.1 Å².